The zero-order valence-corrected chi connectivity index (χ0v) is 18.2. The van der Waals surface area contributed by atoms with Gasteiger partial charge in [0.2, 0.25) is 0 Å². The highest BCUT2D eigenvalue weighted by Gasteiger charge is 2.39. The molecule has 0 saturated carbocycles. The van der Waals surface area contributed by atoms with Gasteiger partial charge in [-0.15, -0.1) is 0 Å². The number of carbonyl (C=O) groups is 2. The highest BCUT2D eigenvalue weighted by Crippen LogP contribution is 2.32. The lowest BCUT2D eigenvalue weighted by molar-refractivity contribution is -0.137. The molecule has 6 nitrogen and oxygen atoms in total. The van der Waals surface area contributed by atoms with Gasteiger partial charge in [-0.05, 0) is 54.8 Å². The second kappa shape index (κ2) is 9.47. The minimum Gasteiger partial charge on any atom is -0.494 e. The molecule has 0 bridgehead atoms. The molecule has 1 aliphatic heterocycles. The summed E-state index contributed by atoms with van der Waals surface area (Å²) in [4.78, 5) is 32.1. The van der Waals surface area contributed by atoms with Gasteiger partial charge in [0.15, 0.2) is 0 Å². The van der Waals surface area contributed by atoms with Crippen molar-refractivity contribution in [2.24, 2.45) is 0 Å². The predicted octanol–water partition coefficient (Wildman–Crippen LogP) is 4.57. The van der Waals surface area contributed by atoms with Crippen LogP contribution in [0.2, 0.25) is 0 Å². The van der Waals surface area contributed by atoms with Crippen molar-refractivity contribution in [1.29, 1.82) is 0 Å². The molecule has 2 heterocycles. The number of carbonyl (C=O) groups excluding carboxylic acids is 2. The summed E-state index contributed by atoms with van der Waals surface area (Å²) >= 11 is 0. The Morgan fingerprint density at radius 2 is 1.72 bits per heavy atom. The Labute approximate surface area is 187 Å². The van der Waals surface area contributed by atoms with E-state index in [0.717, 1.165) is 29.0 Å². The van der Waals surface area contributed by atoms with Crippen molar-refractivity contribution in [2.45, 2.75) is 26.8 Å². The molecule has 0 radical (unpaired) electrons. The number of nitrogens with one attached hydrogen (secondary N) is 1. The van der Waals surface area contributed by atoms with E-state index in [0.29, 0.717) is 17.7 Å². The molecule has 0 saturated heterocycles. The van der Waals surface area contributed by atoms with E-state index in [1.54, 1.807) is 18.5 Å². The Kier molecular flexibility index (Phi) is 6.31. The number of aryl methyl sites for hydroxylation is 1. The summed E-state index contributed by atoms with van der Waals surface area (Å²) in [5.74, 6) is 0.0321. The normalized spacial score (nSPS) is 13.6. The van der Waals surface area contributed by atoms with Gasteiger partial charge < -0.3 is 10.1 Å². The van der Waals surface area contributed by atoms with Gasteiger partial charge in [0.05, 0.1) is 18.7 Å². The third kappa shape index (κ3) is 4.54. The van der Waals surface area contributed by atoms with Crippen LogP contribution in [0.3, 0.4) is 0 Å². The standard InChI is InChI=1S/C26H25N3O3/c1-3-15-32-22-12-8-20(9-13-22)23-24(28-21-10-6-18(2)7-11-21)26(31)29(25(23)30)17-19-5-4-14-27-16-19/h4-14,16,28H,3,15,17H2,1-2H3. The van der Waals surface area contributed by atoms with E-state index in [4.69, 9.17) is 4.74 Å². The first-order valence-electron chi connectivity index (χ1n) is 10.6. The largest absolute Gasteiger partial charge is 0.494 e. The molecule has 32 heavy (non-hydrogen) atoms. The monoisotopic (exact) mass is 427 g/mol. The molecule has 2 amide bonds. The number of imide groups is 1. The van der Waals surface area contributed by atoms with Crippen molar-refractivity contribution in [1.82, 2.24) is 9.88 Å². The van der Waals surface area contributed by atoms with Crippen molar-refractivity contribution in [2.75, 3.05) is 11.9 Å². The molecule has 0 atom stereocenters. The van der Waals surface area contributed by atoms with Crippen molar-refractivity contribution in [3.8, 4) is 5.75 Å². The summed E-state index contributed by atoms with van der Waals surface area (Å²) in [6, 6.07) is 18.6. The van der Waals surface area contributed by atoms with Crippen molar-refractivity contribution < 1.29 is 14.3 Å². The fourth-order valence-corrected chi connectivity index (χ4v) is 3.50. The molecule has 1 aliphatic rings. The van der Waals surface area contributed by atoms with Gasteiger partial charge in [-0.2, -0.15) is 0 Å². The Hall–Kier alpha value is -3.93. The zero-order chi connectivity index (χ0) is 22.5. The molecular formula is C26H25N3O3. The van der Waals surface area contributed by atoms with Crippen LogP contribution in [0.1, 0.15) is 30.0 Å². The number of nitrogens with zero attached hydrogens (tertiary/aromatic N) is 2. The van der Waals surface area contributed by atoms with Gasteiger partial charge in [-0.25, -0.2) is 0 Å². The molecule has 0 aliphatic carbocycles. The lowest BCUT2D eigenvalue weighted by Crippen LogP contribution is -2.32. The quantitative estimate of drug-likeness (QED) is 0.533. The van der Waals surface area contributed by atoms with Crippen LogP contribution in [0, 0.1) is 6.92 Å². The molecule has 6 heteroatoms. The zero-order valence-electron chi connectivity index (χ0n) is 18.2. The maximum Gasteiger partial charge on any atom is 0.278 e. The topological polar surface area (TPSA) is 71.5 Å². The molecule has 3 aromatic rings. The van der Waals surface area contributed by atoms with Crippen molar-refractivity contribution in [3.63, 3.8) is 0 Å². The van der Waals surface area contributed by atoms with Crippen LogP contribution >= 0.6 is 0 Å². The van der Waals surface area contributed by atoms with E-state index < -0.39 is 0 Å². The van der Waals surface area contributed by atoms with Gasteiger partial charge in [-0.1, -0.05) is 42.8 Å². The Balaban J connectivity index is 1.69. The molecule has 0 unspecified atom stereocenters. The van der Waals surface area contributed by atoms with Gasteiger partial charge in [0, 0.05) is 18.1 Å². The van der Waals surface area contributed by atoms with E-state index >= 15 is 0 Å². The molecular weight excluding hydrogens is 402 g/mol. The van der Waals surface area contributed by atoms with E-state index in [2.05, 4.69) is 10.3 Å². The number of benzene rings is 2. The summed E-state index contributed by atoms with van der Waals surface area (Å²) in [5, 5.41) is 3.18. The number of ether oxygens (including phenoxy) is 1. The Bertz CT molecular complexity index is 1140. The highest BCUT2D eigenvalue weighted by atomic mass is 16.5. The van der Waals surface area contributed by atoms with Crippen LogP contribution < -0.4 is 10.1 Å². The van der Waals surface area contributed by atoms with E-state index in [-0.39, 0.29) is 24.1 Å². The van der Waals surface area contributed by atoms with Crippen LogP contribution in [0.5, 0.6) is 5.75 Å². The first-order valence-corrected chi connectivity index (χ1v) is 10.6. The fourth-order valence-electron chi connectivity index (χ4n) is 3.50. The molecule has 1 N–H and O–H groups in total. The summed E-state index contributed by atoms with van der Waals surface area (Å²) in [7, 11) is 0. The Morgan fingerprint density at radius 1 is 0.969 bits per heavy atom. The number of rotatable bonds is 8. The minimum atomic E-state index is -0.360. The molecule has 0 spiro atoms. The minimum absolute atomic E-state index is 0.159. The number of hydrogen-bond acceptors (Lipinski definition) is 5. The van der Waals surface area contributed by atoms with E-state index in [1.165, 1.54) is 4.90 Å². The number of hydrogen-bond donors (Lipinski definition) is 1. The third-order valence-electron chi connectivity index (χ3n) is 5.17. The van der Waals surface area contributed by atoms with Gasteiger partial charge in [0.25, 0.3) is 11.8 Å². The average Bonchev–Trinajstić information content (AvgIpc) is 3.04. The number of amides is 2. The van der Waals surface area contributed by atoms with Crippen LogP contribution in [-0.4, -0.2) is 28.3 Å². The predicted molar refractivity (Wildman–Crippen MR) is 124 cm³/mol. The lowest BCUT2D eigenvalue weighted by atomic mass is 10.0. The molecule has 4 rings (SSSR count). The number of anilines is 1. The van der Waals surface area contributed by atoms with Crippen LogP contribution in [0.25, 0.3) is 5.57 Å². The maximum atomic E-state index is 13.4. The number of pyridine rings is 1. The summed E-state index contributed by atoms with van der Waals surface area (Å²) in [6.07, 6.45) is 4.23. The van der Waals surface area contributed by atoms with E-state index in [9.17, 15) is 9.59 Å². The van der Waals surface area contributed by atoms with Crippen LogP contribution in [-0.2, 0) is 16.1 Å². The molecule has 1 aromatic heterocycles. The summed E-state index contributed by atoms with van der Waals surface area (Å²) in [5.41, 5.74) is 3.92. The molecule has 2 aromatic carbocycles. The molecule has 0 fully saturated rings. The van der Waals surface area contributed by atoms with E-state index in [1.807, 2.05) is 68.4 Å². The summed E-state index contributed by atoms with van der Waals surface area (Å²) < 4.78 is 5.65. The average molecular weight is 428 g/mol. The number of aromatic nitrogens is 1. The highest BCUT2D eigenvalue weighted by molar-refractivity contribution is 6.36. The molecule has 162 valence electrons. The fraction of sp³-hybridized carbons (Fsp3) is 0.192. The second-order valence-corrected chi connectivity index (χ2v) is 7.67. The smallest absolute Gasteiger partial charge is 0.278 e. The maximum absolute atomic E-state index is 13.4. The van der Waals surface area contributed by atoms with Crippen LogP contribution in [0.4, 0.5) is 5.69 Å². The summed E-state index contributed by atoms with van der Waals surface area (Å²) in [6.45, 7) is 4.82. The van der Waals surface area contributed by atoms with Gasteiger partial charge in [-0.3, -0.25) is 19.5 Å². The lowest BCUT2D eigenvalue weighted by Gasteiger charge is -2.15. The SMILES string of the molecule is CCCOc1ccc(C2=C(Nc3ccc(C)cc3)C(=O)N(Cc3cccnc3)C2=O)cc1. The van der Waals surface area contributed by atoms with Gasteiger partial charge in [0.1, 0.15) is 11.4 Å². The van der Waals surface area contributed by atoms with Crippen molar-refractivity contribution in [3.05, 3.63) is 95.4 Å². The van der Waals surface area contributed by atoms with Gasteiger partial charge >= 0.3 is 0 Å². The first-order chi connectivity index (χ1) is 15.6. The van der Waals surface area contributed by atoms with Crippen LogP contribution in [0.15, 0.2) is 78.8 Å². The third-order valence-corrected chi connectivity index (χ3v) is 5.17. The second-order valence-electron chi connectivity index (χ2n) is 7.67. The first kappa shape index (κ1) is 21.3. The Morgan fingerprint density at radius 3 is 2.38 bits per heavy atom. The van der Waals surface area contributed by atoms with Crippen molar-refractivity contribution >= 4 is 23.1 Å².